The maximum atomic E-state index is 10.2. The average molecular weight is 159 g/mol. The van der Waals surface area contributed by atoms with Gasteiger partial charge < -0.3 is 15.5 Å². The molecule has 64 valence electrons. The fourth-order valence-electron chi connectivity index (χ4n) is 1.44. The summed E-state index contributed by atoms with van der Waals surface area (Å²) < 4.78 is 0. The van der Waals surface area contributed by atoms with Crippen LogP contribution in [0.5, 0.6) is 0 Å². The first-order valence-corrected chi connectivity index (χ1v) is 3.87. The van der Waals surface area contributed by atoms with Crippen molar-refractivity contribution in [2.24, 2.45) is 0 Å². The van der Waals surface area contributed by atoms with Crippen LogP contribution in [0.3, 0.4) is 0 Å². The van der Waals surface area contributed by atoms with Gasteiger partial charge in [0.25, 0.3) is 0 Å². The van der Waals surface area contributed by atoms with Gasteiger partial charge in [-0.15, -0.1) is 0 Å². The molecule has 1 amide bonds. The molecule has 3 N–H and O–H groups in total. The third kappa shape index (κ3) is 2.38. The minimum absolute atomic E-state index is 0.249. The van der Waals surface area contributed by atoms with Gasteiger partial charge in [-0.2, -0.15) is 0 Å². The van der Waals surface area contributed by atoms with E-state index < -0.39 is 12.2 Å². The lowest BCUT2D eigenvalue weighted by atomic mass is 9.93. The first-order valence-electron chi connectivity index (χ1n) is 3.87. The minimum atomic E-state index is -1.05. The first-order chi connectivity index (χ1) is 5.20. The van der Waals surface area contributed by atoms with Crippen LogP contribution in [-0.2, 0) is 0 Å². The van der Waals surface area contributed by atoms with Gasteiger partial charge >= 0.3 is 6.09 Å². The summed E-state index contributed by atoms with van der Waals surface area (Å²) in [7, 11) is 0. The number of hydrogen-bond acceptors (Lipinski definition) is 2. The van der Waals surface area contributed by atoms with Crippen LogP contribution < -0.4 is 5.32 Å². The smallest absolute Gasteiger partial charge is 0.404 e. The molecule has 0 heterocycles. The van der Waals surface area contributed by atoms with Gasteiger partial charge in [-0.1, -0.05) is 12.8 Å². The van der Waals surface area contributed by atoms with Crippen LogP contribution in [0.15, 0.2) is 0 Å². The highest BCUT2D eigenvalue weighted by Gasteiger charge is 2.23. The quantitative estimate of drug-likeness (QED) is 0.523. The van der Waals surface area contributed by atoms with Gasteiger partial charge in [0.15, 0.2) is 0 Å². The average Bonchev–Trinajstić information content (AvgIpc) is 1.93. The number of carboxylic acid groups (broad SMARTS) is 1. The molecule has 4 heteroatoms. The molecule has 0 saturated heterocycles. The highest BCUT2D eigenvalue weighted by Crippen LogP contribution is 2.17. The van der Waals surface area contributed by atoms with Crippen molar-refractivity contribution in [1.29, 1.82) is 0 Å². The molecule has 0 aromatic heterocycles. The molecule has 11 heavy (non-hydrogen) atoms. The largest absolute Gasteiger partial charge is 0.465 e. The van der Waals surface area contributed by atoms with E-state index in [1.54, 1.807) is 0 Å². The lowest BCUT2D eigenvalue weighted by molar-refractivity contribution is 0.0881. The fourth-order valence-corrected chi connectivity index (χ4v) is 1.44. The Morgan fingerprint density at radius 2 is 2.00 bits per heavy atom. The van der Waals surface area contributed by atoms with Crippen molar-refractivity contribution in [2.75, 3.05) is 0 Å². The number of aliphatic hydroxyl groups is 1. The zero-order chi connectivity index (χ0) is 8.27. The molecule has 0 aromatic rings. The SMILES string of the molecule is O=C(O)NC1CCCCC1O. The van der Waals surface area contributed by atoms with Crippen LogP contribution in [-0.4, -0.2) is 28.5 Å². The molecule has 1 fully saturated rings. The van der Waals surface area contributed by atoms with E-state index in [0.717, 1.165) is 19.3 Å². The second kappa shape index (κ2) is 3.57. The van der Waals surface area contributed by atoms with Crippen LogP contribution in [0, 0.1) is 0 Å². The van der Waals surface area contributed by atoms with Gasteiger partial charge in [0.1, 0.15) is 0 Å². The van der Waals surface area contributed by atoms with E-state index in [-0.39, 0.29) is 6.04 Å². The number of rotatable bonds is 1. The topological polar surface area (TPSA) is 69.6 Å². The van der Waals surface area contributed by atoms with Crippen LogP contribution in [0.25, 0.3) is 0 Å². The van der Waals surface area contributed by atoms with Gasteiger partial charge in [-0.05, 0) is 12.8 Å². The predicted octanol–water partition coefficient (Wildman–Crippen LogP) is 0.557. The molecule has 0 radical (unpaired) electrons. The van der Waals surface area contributed by atoms with E-state index in [1.807, 2.05) is 0 Å². The van der Waals surface area contributed by atoms with E-state index in [1.165, 1.54) is 0 Å². The number of amides is 1. The van der Waals surface area contributed by atoms with Crippen molar-refractivity contribution in [3.8, 4) is 0 Å². The summed E-state index contributed by atoms with van der Waals surface area (Å²) in [5, 5.41) is 20.0. The van der Waals surface area contributed by atoms with Crippen molar-refractivity contribution in [1.82, 2.24) is 5.32 Å². The first kappa shape index (κ1) is 8.33. The second-order valence-electron chi connectivity index (χ2n) is 2.91. The third-order valence-electron chi connectivity index (χ3n) is 2.04. The highest BCUT2D eigenvalue weighted by molar-refractivity contribution is 5.64. The van der Waals surface area contributed by atoms with Crippen LogP contribution >= 0.6 is 0 Å². The fraction of sp³-hybridized carbons (Fsp3) is 0.857. The maximum Gasteiger partial charge on any atom is 0.404 e. The summed E-state index contributed by atoms with van der Waals surface area (Å²) in [5.74, 6) is 0. The molecule has 1 saturated carbocycles. The Bertz CT molecular complexity index is 149. The van der Waals surface area contributed by atoms with Gasteiger partial charge in [0.2, 0.25) is 0 Å². The number of hydrogen-bond donors (Lipinski definition) is 3. The summed E-state index contributed by atoms with van der Waals surface area (Å²) in [6.45, 7) is 0. The Labute approximate surface area is 65.2 Å². The van der Waals surface area contributed by atoms with E-state index in [9.17, 15) is 9.90 Å². The Hall–Kier alpha value is -0.770. The molecule has 2 unspecified atom stereocenters. The Kier molecular flexibility index (Phi) is 2.70. The summed E-state index contributed by atoms with van der Waals surface area (Å²) in [5.41, 5.74) is 0. The molecular formula is C7H13NO3. The Balaban J connectivity index is 2.35. The molecule has 2 atom stereocenters. The lowest BCUT2D eigenvalue weighted by Gasteiger charge is -2.26. The minimum Gasteiger partial charge on any atom is -0.465 e. The Morgan fingerprint density at radius 3 is 2.55 bits per heavy atom. The Morgan fingerprint density at radius 1 is 1.36 bits per heavy atom. The van der Waals surface area contributed by atoms with Crippen molar-refractivity contribution in [3.05, 3.63) is 0 Å². The zero-order valence-corrected chi connectivity index (χ0v) is 6.29. The van der Waals surface area contributed by atoms with Gasteiger partial charge in [0, 0.05) is 0 Å². The second-order valence-corrected chi connectivity index (χ2v) is 2.91. The third-order valence-corrected chi connectivity index (χ3v) is 2.04. The van der Waals surface area contributed by atoms with Gasteiger partial charge in [-0.25, -0.2) is 4.79 Å². The number of aliphatic hydroxyl groups excluding tert-OH is 1. The predicted molar refractivity (Wildman–Crippen MR) is 39.4 cm³/mol. The standard InChI is InChI=1S/C7H13NO3/c9-6-4-2-1-3-5(6)8-7(10)11/h5-6,8-9H,1-4H2,(H,10,11). The van der Waals surface area contributed by atoms with E-state index >= 15 is 0 Å². The zero-order valence-electron chi connectivity index (χ0n) is 6.29. The van der Waals surface area contributed by atoms with Crippen LogP contribution in [0.2, 0.25) is 0 Å². The van der Waals surface area contributed by atoms with Crippen LogP contribution in [0.1, 0.15) is 25.7 Å². The lowest BCUT2D eigenvalue weighted by Crippen LogP contribution is -2.44. The molecule has 4 nitrogen and oxygen atoms in total. The molecule has 1 aliphatic rings. The summed E-state index contributed by atoms with van der Waals surface area (Å²) in [6, 6.07) is -0.249. The van der Waals surface area contributed by atoms with Gasteiger partial charge in [-0.3, -0.25) is 0 Å². The monoisotopic (exact) mass is 159 g/mol. The normalized spacial score (nSPS) is 31.4. The molecule has 0 bridgehead atoms. The molecule has 0 aromatic carbocycles. The number of nitrogens with one attached hydrogen (secondary N) is 1. The van der Waals surface area contributed by atoms with Crippen LogP contribution in [0.4, 0.5) is 4.79 Å². The maximum absolute atomic E-state index is 10.2. The van der Waals surface area contributed by atoms with E-state index in [0.29, 0.717) is 6.42 Å². The summed E-state index contributed by atoms with van der Waals surface area (Å²) >= 11 is 0. The molecular weight excluding hydrogens is 146 g/mol. The van der Waals surface area contributed by atoms with Gasteiger partial charge in [0.05, 0.1) is 12.1 Å². The molecule has 0 spiro atoms. The van der Waals surface area contributed by atoms with Crippen molar-refractivity contribution in [3.63, 3.8) is 0 Å². The number of carbonyl (C=O) groups is 1. The van der Waals surface area contributed by atoms with Crippen molar-refractivity contribution in [2.45, 2.75) is 37.8 Å². The van der Waals surface area contributed by atoms with E-state index in [2.05, 4.69) is 5.32 Å². The summed E-state index contributed by atoms with van der Waals surface area (Å²) in [4.78, 5) is 10.2. The highest BCUT2D eigenvalue weighted by atomic mass is 16.4. The van der Waals surface area contributed by atoms with Crippen molar-refractivity contribution < 1.29 is 15.0 Å². The van der Waals surface area contributed by atoms with E-state index in [4.69, 9.17) is 5.11 Å². The van der Waals surface area contributed by atoms with Crippen molar-refractivity contribution >= 4 is 6.09 Å². The molecule has 1 rings (SSSR count). The molecule has 0 aliphatic heterocycles. The summed E-state index contributed by atoms with van der Waals surface area (Å²) in [6.07, 6.45) is 1.94. The molecule has 1 aliphatic carbocycles.